The number of halogens is 2. The summed E-state index contributed by atoms with van der Waals surface area (Å²) >= 11 is 12.2. The molecule has 0 spiro atoms. The van der Waals surface area contributed by atoms with Gasteiger partial charge in [0.25, 0.3) is 0 Å². The van der Waals surface area contributed by atoms with Crippen molar-refractivity contribution >= 4 is 39.1 Å². The first-order chi connectivity index (χ1) is 13.8. The van der Waals surface area contributed by atoms with Crippen LogP contribution in [-0.2, 0) is 27.1 Å². The highest BCUT2D eigenvalue weighted by molar-refractivity contribution is 7.88. The molecule has 1 saturated heterocycles. The standard InChI is InChI=1S/C21H24Cl2N2O3S/c1-24(14-16-6-3-2-4-7-16)21(26)17-10-12-25(13-11-17)29(27,28)15-18-19(22)8-5-9-20(18)23/h2-9,17H,10-15H2,1H3. The second-order valence-corrected chi connectivity index (χ2v) is 10.1. The molecule has 1 aliphatic heterocycles. The minimum Gasteiger partial charge on any atom is -0.341 e. The van der Waals surface area contributed by atoms with Gasteiger partial charge in [-0.1, -0.05) is 59.6 Å². The van der Waals surface area contributed by atoms with Crippen molar-refractivity contribution in [3.8, 4) is 0 Å². The minimum absolute atomic E-state index is 0.0556. The predicted octanol–water partition coefficient (Wildman–Crippen LogP) is 4.19. The van der Waals surface area contributed by atoms with Gasteiger partial charge in [0.2, 0.25) is 15.9 Å². The monoisotopic (exact) mass is 454 g/mol. The van der Waals surface area contributed by atoms with E-state index in [0.29, 0.717) is 48.1 Å². The minimum atomic E-state index is -3.56. The summed E-state index contributed by atoms with van der Waals surface area (Å²) in [7, 11) is -1.77. The van der Waals surface area contributed by atoms with E-state index < -0.39 is 10.0 Å². The van der Waals surface area contributed by atoms with Crippen LogP contribution in [0.2, 0.25) is 10.0 Å². The smallest absolute Gasteiger partial charge is 0.225 e. The average Bonchev–Trinajstić information content (AvgIpc) is 2.71. The zero-order chi connectivity index (χ0) is 21.0. The zero-order valence-corrected chi connectivity index (χ0v) is 18.6. The third-order valence-electron chi connectivity index (χ3n) is 5.22. The largest absolute Gasteiger partial charge is 0.341 e. The first-order valence-corrected chi connectivity index (χ1v) is 11.8. The number of benzene rings is 2. The van der Waals surface area contributed by atoms with E-state index in [9.17, 15) is 13.2 Å². The molecule has 5 nitrogen and oxygen atoms in total. The first-order valence-electron chi connectivity index (χ1n) is 9.47. The van der Waals surface area contributed by atoms with Crippen molar-refractivity contribution in [2.24, 2.45) is 5.92 Å². The lowest BCUT2D eigenvalue weighted by Gasteiger charge is -2.32. The highest BCUT2D eigenvalue weighted by atomic mass is 35.5. The van der Waals surface area contributed by atoms with Gasteiger partial charge < -0.3 is 4.90 Å². The summed E-state index contributed by atoms with van der Waals surface area (Å²) in [5.74, 6) is -0.350. The number of piperidine rings is 1. The van der Waals surface area contributed by atoms with E-state index in [-0.39, 0.29) is 17.6 Å². The molecular formula is C21H24Cl2N2O3S. The maximum atomic E-state index is 12.8. The fourth-order valence-electron chi connectivity index (χ4n) is 3.57. The highest BCUT2D eigenvalue weighted by Gasteiger charge is 2.33. The van der Waals surface area contributed by atoms with E-state index in [2.05, 4.69) is 0 Å². The van der Waals surface area contributed by atoms with Crippen LogP contribution < -0.4 is 0 Å². The van der Waals surface area contributed by atoms with E-state index >= 15 is 0 Å². The molecule has 1 fully saturated rings. The SMILES string of the molecule is CN(Cc1ccccc1)C(=O)C1CCN(S(=O)(=O)Cc2c(Cl)cccc2Cl)CC1. The lowest BCUT2D eigenvalue weighted by molar-refractivity contribution is -0.135. The van der Waals surface area contributed by atoms with Gasteiger partial charge in [-0.2, -0.15) is 0 Å². The molecule has 0 bridgehead atoms. The summed E-state index contributed by atoms with van der Waals surface area (Å²) in [6.07, 6.45) is 1.01. The van der Waals surface area contributed by atoms with Crippen molar-refractivity contribution in [1.29, 1.82) is 0 Å². The third kappa shape index (κ3) is 5.51. The molecule has 0 aromatic heterocycles. The molecule has 0 atom stereocenters. The molecule has 8 heteroatoms. The number of carbonyl (C=O) groups excluding carboxylic acids is 1. The number of hydrogen-bond acceptors (Lipinski definition) is 3. The molecule has 1 heterocycles. The number of nitrogens with zero attached hydrogens (tertiary/aromatic N) is 2. The van der Waals surface area contributed by atoms with Gasteiger partial charge in [0.15, 0.2) is 0 Å². The van der Waals surface area contributed by atoms with Crippen LogP contribution in [0.5, 0.6) is 0 Å². The second-order valence-electron chi connectivity index (χ2n) is 7.31. The fraction of sp³-hybridized carbons (Fsp3) is 0.381. The van der Waals surface area contributed by atoms with Crippen LogP contribution in [-0.4, -0.2) is 43.7 Å². The molecule has 3 rings (SSSR count). The normalized spacial score (nSPS) is 16.0. The number of carbonyl (C=O) groups is 1. The van der Waals surface area contributed by atoms with Gasteiger partial charge in [-0.05, 0) is 30.5 Å². The molecule has 29 heavy (non-hydrogen) atoms. The first kappa shape index (κ1) is 22.1. The topological polar surface area (TPSA) is 57.7 Å². The van der Waals surface area contributed by atoms with Crippen LogP contribution in [0.1, 0.15) is 24.0 Å². The Morgan fingerprint density at radius 1 is 1.03 bits per heavy atom. The summed E-state index contributed by atoms with van der Waals surface area (Å²) in [5, 5.41) is 0.683. The van der Waals surface area contributed by atoms with Crippen molar-refractivity contribution in [3.63, 3.8) is 0 Å². The van der Waals surface area contributed by atoms with Crippen LogP contribution in [0.3, 0.4) is 0 Å². The fourth-order valence-corrected chi connectivity index (χ4v) is 5.89. The van der Waals surface area contributed by atoms with E-state index in [4.69, 9.17) is 23.2 Å². The van der Waals surface area contributed by atoms with Crippen molar-refractivity contribution in [2.75, 3.05) is 20.1 Å². The molecule has 1 aliphatic rings. The van der Waals surface area contributed by atoms with Crippen LogP contribution in [0, 0.1) is 5.92 Å². The van der Waals surface area contributed by atoms with Gasteiger partial charge in [0, 0.05) is 48.2 Å². The van der Waals surface area contributed by atoms with Crippen LogP contribution in [0.25, 0.3) is 0 Å². The van der Waals surface area contributed by atoms with Gasteiger partial charge in [-0.25, -0.2) is 12.7 Å². The summed E-state index contributed by atoms with van der Waals surface area (Å²) in [5.41, 5.74) is 1.48. The Balaban J connectivity index is 1.58. The number of rotatable bonds is 6. The quantitative estimate of drug-likeness (QED) is 0.656. The van der Waals surface area contributed by atoms with E-state index in [1.165, 1.54) is 4.31 Å². The molecule has 2 aromatic rings. The van der Waals surface area contributed by atoms with Crippen molar-refractivity contribution in [3.05, 3.63) is 69.7 Å². The Bertz CT molecular complexity index is 939. The molecule has 1 amide bonds. The Labute approximate surface area is 182 Å². The Morgan fingerprint density at radius 2 is 1.62 bits per heavy atom. The molecule has 0 radical (unpaired) electrons. The van der Waals surface area contributed by atoms with Gasteiger partial charge >= 0.3 is 0 Å². The Hall–Kier alpha value is -1.60. The molecule has 0 N–H and O–H groups in total. The maximum Gasteiger partial charge on any atom is 0.225 e. The Kier molecular flexibility index (Phi) is 7.22. The molecular weight excluding hydrogens is 431 g/mol. The predicted molar refractivity (Wildman–Crippen MR) is 116 cm³/mol. The maximum absolute atomic E-state index is 12.8. The summed E-state index contributed by atoms with van der Waals surface area (Å²) in [6.45, 7) is 1.18. The number of amides is 1. The number of sulfonamides is 1. The van der Waals surface area contributed by atoms with Crippen molar-refractivity contribution in [2.45, 2.75) is 25.1 Å². The van der Waals surface area contributed by atoms with Crippen LogP contribution in [0.4, 0.5) is 0 Å². The van der Waals surface area contributed by atoms with E-state index in [1.807, 2.05) is 30.3 Å². The summed E-state index contributed by atoms with van der Waals surface area (Å²) in [6, 6.07) is 14.8. The van der Waals surface area contributed by atoms with E-state index in [0.717, 1.165) is 5.56 Å². The summed E-state index contributed by atoms with van der Waals surface area (Å²) < 4.78 is 27.1. The van der Waals surface area contributed by atoms with Gasteiger partial charge in [0.1, 0.15) is 0 Å². The van der Waals surface area contributed by atoms with Crippen LogP contribution >= 0.6 is 23.2 Å². The molecule has 2 aromatic carbocycles. The lowest BCUT2D eigenvalue weighted by Crippen LogP contribution is -2.43. The average molecular weight is 455 g/mol. The number of hydrogen-bond donors (Lipinski definition) is 0. The lowest BCUT2D eigenvalue weighted by atomic mass is 9.96. The molecule has 0 unspecified atom stereocenters. The van der Waals surface area contributed by atoms with Gasteiger partial charge in [-0.3, -0.25) is 4.79 Å². The Morgan fingerprint density at radius 3 is 2.21 bits per heavy atom. The van der Waals surface area contributed by atoms with Gasteiger partial charge in [-0.15, -0.1) is 0 Å². The van der Waals surface area contributed by atoms with E-state index in [1.54, 1.807) is 30.1 Å². The molecule has 156 valence electrons. The van der Waals surface area contributed by atoms with Gasteiger partial charge in [0.05, 0.1) is 5.75 Å². The van der Waals surface area contributed by atoms with Crippen molar-refractivity contribution in [1.82, 2.24) is 9.21 Å². The highest BCUT2D eigenvalue weighted by Crippen LogP contribution is 2.29. The third-order valence-corrected chi connectivity index (χ3v) is 7.74. The summed E-state index contributed by atoms with van der Waals surface area (Å²) in [4.78, 5) is 14.5. The van der Waals surface area contributed by atoms with Crippen LogP contribution in [0.15, 0.2) is 48.5 Å². The zero-order valence-electron chi connectivity index (χ0n) is 16.2. The second kappa shape index (κ2) is 9.47. The molecule has 0 saturated carbocycles. The van der Waals surface area contributed by atoms with Crippen molar-refractivity contribution < 1.29 is 13.2 Å². The molecule has 0 aliphatic carbocycles.